The van der Waals surface area contributed by atoms with Gasteiger partial charge in [-0.3, -0.25) is 4.79 Å². The van der Waals surface area contributed by atoms with Gasteiger partial charge in [0.1, 0.15) is 0 Å². The second kappa shape index (κ2) is 6.38. The van der Waals surface area contributed by atoms with Crippen molar-refractivity contribution in [3.05, 3.63) is 40.3 Å². The van der Waals surface area contributed by atoms with Gasteiger partial charge in [-0.2, -0.15) is 0 Å². The van der Waals surface area contributed by atoms with Crippen LogP contribution in [0.15, 0.2) is 29.2 Å². The van der Waals surface area contributed by atoms with Crippen molar-refractivity contribution < 1.29 is 14.3 Å². The smallest absolute Gasteiger partial charge is 0.337 e. The number of hydrogen-bond donors (Lipinski definition) is 0. The summed E-state index contributed by atoms with van der Waals surface area (Å²) in [6.07, 6.45) is 1.75. The summed E-state index contributed by atoms with van der Waals surface area (Å²) in [7, 11) is 4.86. The minimum absolute atomic E-state index is 0.146. The highest BCUT2D eigenvalue weighted by atomic mass is 32.2. The SMILES string of the molecule is COC(=O)c1ccc(/C=C2/SC(=S)N(N(C)C)C2=O)cc1. The number of benzene rings is 1. The normalized spacial score (nSPS) is 17.0. The maximum absolute atomic E-state index is 12.2. The Bertz CT molecular complexity index is 624. The van der Waals surface area contributed by atoms with Crippen molar-refractivity contribution >= 4 is 46.3 Å². The summed E-state index contributed by atoms with van der Waals surface area (Å²) in [5, 5.41) is 3.09. The van der Waals surface area contributed by atoms with Crippen LogP contribution in [-0.2, 0) is 9.53 Å². The molecule has 110 valence electrons. The molecule has 2 rings (SSSR count). The number of carbonyl (C=O) groups is 2. The average molecular weight is 322 g/mol. The number of rotatable bonds is 3. The zero-order valence-electron chi connectivity index (χ0n) is 11.8. The molecule has 0 N–H and O–H groups in total. The Balaban J connectivity index is 2.23. The lowest BCUT2D eigenvalue weighted by Crippen LogP contribution is -2.39. The summed E-state index contributed by atoms with van der Waals surface area (Å²) < 4.78 is 5.14. The van der Waals surface area contributed by atoms with Crippen LogP contribution in [0.3, 0.4) is 0 Å². The van der Waals surface area contributed by atoms with E-state index in [0.717, 1.165) is 5.56 Å². The lowest BCUT2D eigenvalue weighted by Gasteiger charge is -2.21. The Morgan fingerprint density at radius 1 is 1.33 bits per heavy atom. The summed E-state index contributed by atoms with van der Waals surface area (Å²) >= 11 is 6.44. The van der Waals surface area contributed by atoms with Gasteiger partial charge < -0.3 is 4.74 Å². The first-order valence-electron chi connectivity index (χ1n) is 6.07. The van der Waals surface area contributed by atoms with Crippen molar-refractivity contribution in [2.75, 3.05) is 21.2 Å². The van der Waals surface area contributed by atoms with Crippen LogP contribution in [0.2, 0.25) is 0 Å². The van der Waals surface area contributed by atoms with Crippen molar-refractivity contribution in [1.82, 2.24) is 10.0 Å². The number of hydrogen-bond acceptors (Lipinski definition) is 6. The lowest BCUT2D eigenvalue weighted by molar-refractivity contribution is -0.130. The van der Waals surface area contributed by atoms with Gasteiger partial charge in [0.2, 0.25) is 0 Å². The van der Waals surface area contributed by atoms with Crippen molar-refractivity contribution in [3.63, 3.8) is 0 Å². The zero-order chi connectivity index (χ0) is 15.6. The number of methoxy groups -OCH3 is 1. The summed E-state index contributed by atoms with van der Waals surface area (Å²) in [4.78, 5) is 24.1. The molecule has 7 heteroatoms. The predicted octanol–water partition coefficient (Wildman–Crippen LogP) is 2.15. The molecule has 21 heavy (non-hydrogen) atoms. The van der Waals surface area contributed by atoms with Gasteiger partial charge in [-0.15, -0.1) is 0 Å². The van der Waals surface area contributed by atoms with Crippen LogP contribution in [0.4, 0.5) is 0 Å². The van der Waals surface area contributed by atoms with E-state index in [0.29, 0.717) is 14.8 Å². The Morgan fingerprint density at radius 3 is 2.43 bits per heavy atom. The number of amides is 1. The second-order valence-corrected chi connectivity index (χ2v) is 6.13. The number of carbonyl (C=O) groups excluding carboxylic acids is 2. The van der Waals surface area contributed by atoms with Crippen LogP contribution in [0.25, 0.3) is 6.08 Å². The molecule has 0 saturated carbocycles. The highest BCUT2D eigenvalue weighted by molar-refractivity contribution is 8.26. The molecule has 1 fully saturated rings. The third-order valence-electron chi connectivity index (χ3n) is 2.80. The minimum atomic E-state index is -0.388. The summed E-state index contributed by atoms with van der Waals surface area (Å²) in [6, 6.07) is 6.83. The third kappa shape index (κ3) is 3.31. The summed E-state index contributed by atoms with van der Waals surface area (Å²) in [6.45, 7) is 0. The number of hydrazine groups is 1. The Hall–Kier alpha value is -1.70. The lowest BCUT2D eigenvalue weighted by atomic mass is 10.1. The molecule has 5 nitrogen and oxygen atoms in total. The van der Waals surface area contributed by atoms with E-state index in [4.69, 9.17) is 12.2 Å². The number of esters is 1. The number of ether oxygens (including phenoxy) is 1. The van der Waals surface area contributed by atoms with Crippen molar-refractivity contribution in [3.8, 4) is 0 Å². The van der Waals surface area contributed by atoms with Gasteiger partial charge in [-0.25, -0.2) is 14.8 Å². The van der Waals surface area contributed by atoms with Crippen LogP contribution >= 0.6 is 24.0 Å². The topological polar surface area (TPSA) is 49.9 Å². The Morgan fingerprint density at radius 2 is 1.95 bits per heavy atom. The van der Waals surface area contributed by atoms with Crippen LogP contribution < -0.4 is 0 Å². The molecule has 0 unspecified atom stereocenters. The van der Waals surface area contributed by atoms with Gasteiger partial charge in [0.15, 0.2) is 4.32 Å². The summed E-state index contributed by atoms with van der Waals surface area (Å²) in [5.74, 6) is -0.535. The quantitative estimate of drug-likeness (QED) is 0.483. The van der Waals surface area contributed by atoms with Gasteiger partial charge in [0.25, 0.3) is 5.91 Å². The molecule has 0 spiro atoms. The molecule has 1 aliphatic heterocycles. The predicted molar refractivity (Wildman–Crippen MR) is 86.5 cm³/mol. The third-order valence-corrected chi connectivity index (χ3v) is 4.09. The maximum atomic E-state index is 12.2. The van der Waals surface area contributed by atoms with E-state index in [1.165, 1.54) is 23.9 Å². The highest BCUT2D eigenvalue weighted by Gasteiger charge is 2.33. The van der Waals surface area contributed by atoms with Crippen LogP contribution in [0, 0.1) is 0 Å². The first-order chi connectivity index (χ1) is 9.93. The number of nitrogens with zero attached hydrogens (tertiary/aromatic N) is 2. The van der Waals surface area contributed by atoms with Crippen LogP contribution in [0.5, 0.6) is 0 Å². The molecular weight excluding hydrogens is 308 g/mol. The van der Waals surface area contributed by atoms with E-state index in [1.807, 2.05) is 0 Å². The van der Waals surface area contributed by atoms with E-state index < -0.39 is 0 Å². The van der Waals surface area contributed by atoms with Crippen molar-refractivity contribution in [2.45, 2.75) is 0 Å². The average Bonchev–Trinajstić information content (AvgIpc) is 2.73. The fraction of sp³-hybridized carbons (Fsp3) is 0.214. The number of thiocarbonyl (C=S) groups is 1. The monoisotopic (exact) mass is 322 g/mol. The number of thioether (sulfide) groups is 1. The van der Waals surface area contributed by atoms with Gasteiger partial charge in [0, 0.05) is 14.1 Å². The molecule has 0 radical (unpaired) electrons. The molecular formula is C14H14N2O3S2. The van der Waals surface area contributed by atoms with E-state index in [-0.39, 0.29) is 11.9 Å². The molecule has 0 aromatic heterocycles. The Kier molecular flexibility index (Phi) is 4.76. The molecule has 1 saturated heterocycles. The van der Waals surface area contributed by atoms with Crippen LogP contribution in [-0.4, -0.2) is 47.4 Å². The first kappa shape index (κ1) is 15.7. The minimum Gasteiger partial charge on any atom is -0.465 e. The highest BCUT2D eigenvalue weighted by Crippen LogP contribution is 2.32. The molecule has 1 aromatic rings. The van der Waals surface area contributed by atoms with Gasteiger partial charge in [-0.1, -0.05) is 36.1 Å². The molecule has 1 amide bonds. The fourth-order valence-corrected chi connectivity index (χ4v) is 3.19. The molecule has 1 aliphatic rings. The van der Waals surface area contributed by atoms with E-state index in [9.17, 15) is 9.59 Å². The fourth-order valence-electron chi connectivity index (χ4n) is 1.79. The molecule has 1 heterocycles. The molecule has 0 bridgehead atoms. The van der Waals surface area contributed by atoms with E-state index in [2.05, 4.69) is 4.74 Å². The molecule has 1 aromatic carbocycles. The standard InChI is InChI=1S/C14H14N2O3S2/c1-15(2)16-12(17)11(21-14(16)20)8-9-4-6-10(7-5-9)13(18)19-3/h4-8H,1-3H3/b11-8+. The largest absolute Gasteiger partial charge is 0.465 e. The van der Waals surface area contributed by atoms with Gasteiger partial charge in [-0.05, 0) is 23.8 Å². The Labute approximate surface area is 132 Å². The first-order valence-corrected chi connectivity index (χ1v) is 7.30. The van der Waals surface area contributed by atoms with Crippen molar-refractivity contribution in [2.24, 2.45) is 0 Å². The molecule has 0 atom stereocenters. The molecule has 0 aliphatic carbocycles. The van der Waals surface area contributed by atoms with Gasteiger partial charge in [0.05, 0.1) is 17.6 Å². The van der Waals surface area contributed by atoms with Crippen molar-refractivity contribution in [1.29, 1.82) is 0 Å². The van der Waals surface area contributed by atoms with E-state index >= 15 is 0 Å². The summed E-state index contributed by atoms with van der Waals surface area (Å²) in [5.41, 5.74) is 1.29. The van der Waals surface area contributed by atoms with Crippen LogP contribution in [0.1, 0.15) is 15.9 Å². The van der Waals surface area contributed by atoms with Gasteiger partial charge >= 0.3 is 5.97 Å². The van der Waals surface area contributed by atoms with E-state index in [1.54, 1.807) is 49.4 Å². The second-order valence-electron chi connectivity index (χ2n) is 4.45. The zero-order valence-corrected chi connectivity index (χ0v) is 13.5. The maximum Gasteiger partial charge on any atom is 0.337 e.